The van der Waals surface area contributed by atoms with Gasteiger partial charge in [0.1, 0.15) is 6.07 Å². The van der Waals surface area contributed by atoms with Gasteiger partial charge in [0.05, 0.1) is 9.13 Å². The van der Waals surface area contributed by atoms with Crippen LogP contribution in [0.1, 0.15) is 5.56 Å². The van der Waals surface area contributed by atoms with Crippen LogP contribution in [0.25, 0.3) is 0 Å². The molecule has 0 heterocycles. The lowest BCUT2D eigenvalue weighted by Crippen LogP contribution is -1.87. The first-order valence-electron chi connectivity index (χ1n) is 2.70. The molecule has 0 bridgehead atoms. The van der Waals surface area contributed by atoms with Crippen molar-refractivity contribution in [2.45, 2.75) is 0 Å². The maximum atomic E-state index is 12.9. The van der Waals surface area contributed by atoms with Crippen LogP contribution in [0.5, 0.6) is 0 Å². The molecule has 0 aliphatic carbocycles. The minimum absolute atomic E-state index is 0.0121. The first-order valence-corrected chi connectivity index (χ1v) is 4.15. The number of nitriles is 1. The average molecular weight is 281 g/mol. The lowest BCUT2D eigenvalue weighted by molar-refractivity contribution is 0.616. The highest BCUT2D eigenvalue weighted by Gasteiger charge is 2.06. The molecule has 1 aromatic carbocycles. The maximum Gasteiger partial charge on any atom is 0.154 e. The number of rotatable bonds is 0. The molecule has 1 aromatic rings. The summed E-state index contributed by atoms with van der Waals surface area (Å²) in [5.41, 5.74) is -0.0121. The van der Waals surface area contributed by atoms with Crippen molar-refractivity contribution in [2.75, 3.05) is 0 Å². The molecule has 1 rings (SSSR count). The molecule has 0 amide bonds. The topological polar surface area (TPSA) is 23.8 Å². The molecular formula is C7H2ClFIN. The normalized spacial score (nSPS) is 9.27. The van der Waals surface area contributed by atoms with Crippen LogP contribution in [0.3, 0.4) is 0 Å². The van der Waals surface area contributed by atoms with Crippen LogP contribution in [-0.2, 0) is 0 Å². The van der Waals surface area contributed by atoms with E-state index >= 15 is 0 Å². The molecular weight excluding hydrogens is 279 g/mol. The molecule has 0 fully saturated rings. The Morgan fingerprint density at radius 2 is 2.18 bits per heavy atom. The van der Waals surface area contributed by atoms with Gasteiger partial charge in [-0.1, -0.05) is 11.6 Å². The van der Waals surface area contributed by atoms with Gasteiger partial charge in [-0.3, -0.25) is 0 Å². The average Bonchev–Trinajstić information content (AvgIpc) is 1.96. The Morgan fingerprint density at radius 3 is 2.73 bits per heavy atom. The molecule has 0 aromatic heterocycles. The first kappa shape index (κ1) is 8.75. The lowest BCUT2D eigenvalue weighted by atomic mass is 10.2. The van der Waals surface area contributed by atoms with Gasteiger partial charge in [-0.25, -0.2) is 4.39 Å². The third-order valence-corrected chi connectivity index (χ3v) is 2.12. The van der Waals surface area contributed by atoms with Crippen LogP contribution in [0.2, 0.25) is 5.02 Å². The van der Waals surface area contributed by atoms with Crippen molar-refractivity contribution in [2.24, 2.45) is 0 Å². The van der Waals surface area contributed by atoms with Crippen molar-refractivity contribution in [3.05, 3.63) is 32.1 Å². The summed E-state index contributed by atoms with van der Waals surface area (Å²) < 4.78 is 13.3. The Hall–Kier alpha value is -0.340. The maximum absolute atomic E-state index is 12.9. The molecule has 0 spiro atoms. The van der Waals surface area contributed by atoms with Crippen molar-refractivity contribution in [1.82, 2.24) is 0 Å². The van der Waals surface area contributed by atoms with E-state index in [0.29, 0.717) is 8.59 Å². The van der Waals surface area contributed by atoms with Gasteiger partial charge in [0, 0.05) is 5.02 Å². The van der Waals surface area contributed by atoms with Gasteiger partial charge in [-0.2, -0.15) is 5.26 Å². The largest absolute Gasteiger partial charge is 0.204 e. The highest BCUT2D eigenvalue weighted by Crippen LogP contribution is 2.20. The first-order chi connectivity index (χ1) is 5.15. The van der Waals surface area contributed by atoms with Gasteiger partial charge in [0.15, 0.2) is 5.82 Å². The molecule has 0 atom stereocenters. The summed E-state index contributed by atoms with van der Waals surface area (Å²) in [5.74, 6) is -0.502. The molecule has 0 aliphatic heterocycles. The van der Waals surface area contributed by atoms with Gasteiger partial charge in [-0.05, 0) is 34.7 Å². The van der Waals surface area contributed by atoms with Crippen molar-refractivity contribution in [3.8, 4) is 6.07 Å². The van der Waals surface area contributed by atoms with Crippen molar-refractivity contribution >= 4 is 34.2 Å². The summed E-state index contributed by atoms with van der Waals surface area (Å²) in [5, 5.41) is 8.80. The number of halogens is 3. The standard InChI is InChI=1S/C7H2ClFIN/c8-5-1-4(3-11)7(9)6(10)2-5/h1-2H. The summed E-state index contributed by atoms with van der Waals surface area (Å²) in [6.07, 6.45) is 0. The van der Waals surface area contributed by atoms with E-state index in [2.05, 4.69) is 0 Å². The van der Waals surface area contributed by atoms with Crippen LogP contribution >= 0.6 is 34.2 Å². The zero-order valence-electron chi connectivity index (χ0n) is 5.24. The second-order valence-electron chi connectivity index (χ2n) is 1.86. The van der Waals surface area contributed by atoms with Crippen LogP contribution in [0.15, 0.2) is 12.1 Å². The minimum atomic E-state index is -0.502. The van der Waals surface area contributed by atoms with Gasteiger partial charge in [0.2, 0.25) is 0 Å². The molecule has 56 valence electrons. The van der Waals surface area contributed by atoms with E-state index in [-0.39, 0.29) is 5.56 Å². The lowest BCUT2D eigenvalue weighted by Gasteiger charge is -1.96. The van der Waals surface area contributed by atoms with Gasteiger partial charge in [-0.15, -0.1) is 0 Å². The molecule has 4 heteroatoms. The van der Waals surface area contributed by atoms with E-state index in [1.165, 1.54) is 12.1 Å². The predicted octanol–water partition coefficient (Wildman–Crippen LogP) is 2.96. The second-order valence-corrected chi connectivity index (χ2v) is 3.46. The Morgan fingerprint density at radius 1 is 1.55 bits per heavy atom. The number of hydrogen-bond acceptors (Lipinski definition) is 1. The summed E-state index contributed by atoms with van der Waals surface area (Å²) in [6.45, 7) is 0. The Labute approximate surface area is 81.9 Å². The van der Waals surface area contributed by atoms with E-state index in [4.69, 9.17) is 16.9 Å². The predicted molar refractivity (Wildman–Crippen MR) is 48.8 cm³/mol. The highest BCUT2D eigenvalue weighted by molar-refractivity contribution is 14.1. The number of benzene rings is 1. The zero-order valence-corrected chi connectivity index (χ0v) is 8.15. The molecule has 0 unspecified atom stereocenters. The van der Waals surface area contributed by atoms with Crippen LogP contribution in [0, 0.1) is 20.7 Å². The molecule has 0 saturated heterocycles. The fourth-order valence-electron chi connectivity index (χ4n) is 0.637. The highest BCUT2D eigenvalue weighted by atomic mass is 127. The third kappa shape index (κ3) is 1.82. The molecule has 0 aliphatic rings. The Bertz CT molecular complexity index is 332. The second kappa shape index (κ2) is 3.37. The monoisotopic (exact) mass is 281 g/mol. The Kier molecular flexibility index (Phi) is 2.68. The minimum Gasteiger partial charge on any atom is -0.204 e. The van der Waals surface area contributed by atoms with E-state index in [1.54, 1.807) is 28.7 Å². The quantitative estimate of drug-likeness (QED) is 0.530. The summed E-state index contributed by atoms with van der Waals surface area (Å²) in [6, 6.07) is 4.49. The number of hydrogen-bond donors (Lipinski definition) is 0. The molecule has 0 N–H and O–H groups in total. The third-order valence-electron chi connectivity index (χ3n) is 1.11. The summed E-state index contributed by atoms with van der Waals surface area (Å²) >= 11 is 7.37. The molecule has 0 radical (unpaired) electrons. The van der Waals surface area contributed by atoms with Crippen molar-refractivity contribution in [1.29, 1.82) is 5.26 Å². The summed E-state index contributed by atoms with van der Waals surface area (Å²) in [7, 11) is 0. The van der Waals surface area contributed by atoms with E-state index in [9.17, 15) is 4.39 Å². The van der Waals surface area contributed by atoms with Gasteiger partial charge < -0.3 is 0 Å². The summed E-state index contributed by atoms with van der Waals surface area (Å²) in [4.78, 5) is 0. The van der Waals surface area contributed by atoms with Crippen molar-refractivity contribution in [3.63, 3.8) is 0 Å². The van der Waals surface area contributed by atoms with Gasteiger partial charge >= 0.3 is 0 Å². The fraction of sp³-hybridized carbons (Fsp3) is 0. The van der Waals surface area contributed by atoms with E-state index < -0.39 is 5.82 Å². The molecule has 1 nitrogen and oxygen atoms in total. The van der Waals surface area contributed by atoms with Gasteiger partial charge in [0.25, 0.3) is 0 Å². The van der Waals surface area contributed by atoms with Crippen LogP contribution < -0.4 is 0 Å². The zero-order chi connectivity index (χ0) is 8.43. The fourth-order valence-corrected chi connectivity index (χ4v) is 1.67. The van der Waals surface area contributed by atoms with Crippen LogP contribution in [0.4, 0.5) is 4.39 Å². The molecule has 11 heavy (non-hydrogen) atoms. The Balaban J connectivity index is 3.39. The van der Waals surface area contributed by atoms with E-state index in [1.807, 2.05) is 0 Å². The van der Waals surface area contributed by atoms with E-state index in [0.717, 1.165) is 0 Å². The smallest absolute Gasteiger partial charge is 0.154 e. The molecule has 0 saturated carbocycles. The van der Waals surface area contributed by atoms with Crippen molar-refractivity contribution < 1.29 is 4.39 Å². The van der Waals surface area contributed by atoms with Crippen LogP contribution in [-0.4, -0.2) is 0 Å². The number of nitrogens with zero attached hydrogens (tertiary/aromatic N) is 1. The SMILES string of the molecule is N#Cc1cc(Cl)cc(I)c1F.